The number of hydrogen-bond acceptors (Lipinski definition) is 3. The van der Waals surface area contributed by atoms with Crippen molar-refractivity contribution in [3.05, 3.63) is 28.2 Å². The van der Waals surface area contributed by atoms with Gasteiger partial charge < -0.3 is 10.1 Å². The van der Waals surface area contributed by atoms with Gasteiger partial charge in [-0.25, -0.2) is 0 Å². The highest BCUT2D eigenvalue weighted by molar-refractivity contribution is 9.10. The van der Waals surface area contributed by atoms with Crippen molar-refractivity contribution < 1.29 is 4.74 Å². The van der Waals surface area contributed by atoms with Crippen molar-refractivity contribution in [1.82, 2.24) is 5.32 Å². The highest BCUT2D eigenvalue weighted by Gasteiger charge is 2.07. The lowest BCUT2D eigenvalue weighted by Gasteiger charge is -2.12. The molecule has 0 aromatic heterocycles. The summed E-state index contributed by atoms with van der Waals surface area (Å²) in [7, 11) is 1.89. The SMILES string of the molecule is CCC(C#N)Oc1ccc(Br)c(CNC)c1. The summed E-state index contributed by atoms with van der Waals surface area (Å²) >= 11 is 3.47. The Kier molecular flexibility index (Phi) is 5.30. The van der Waals surface area contributed by atoms with Gasteiger partial charge in [0.1, 0.15) is 11.8 Å². The van der Waals surface area contributed by atoms with Gasteiger partial charge in [-0.2, -0.15) is 5.26 Å². The van der Waals surface area contributed by atoms with E-state index in [2.05, 4.69) is 27.3 Å². The maximum absolute atomic E-state index is 8.82. The average Bonchev–Trinajstić information content (AvgIpc) is 2.30. The fourth-order valence-corrected chi connectivity index (χ4v) is 1.70. The second-order valence-electron chi connectivity index (χ2n) is 3.43. The molecular weight excluding hydrogens is 268 g/mol. The maximum atomic E-state index is 8.82. The van der Waals surface area contributed by atoms with Crippen LogP contribution in [0.15, 0.2) is 22.7 Å². The summed E-state index contributed by atoms with van der Waals surface area (Å²) < 4.78 is 6.59. The molecule has 4 heteroatoms. The third-order valence-corrected chi connectivity index (χ3v) is 2.95. The second-order valence-corrected chi connectivity index (χ2v) is 4.28. The van der Waals surface area contributed by atoms with Crippen LogP contribution in [0.1, 0.15) is 18.9 Å². The number of nitrogens with zero attached hydrogens (tertiary/aromatic N) is 1. The Bertz CT molecular complexity index is 387. The molecule has 1 aromatic rings. The molecule has 0 aliphatic heterocycles. The van der Waals surface area contributed by atoms with E-state index in [-0.39, 0.29) is 6.10 Å². The van der Waals surface area contributed by atoms with Gasteiger partial charge in [0, 0.05) is 11.0 Å². The summed E-state index contributed by atoms with van der Waals surface area (Å²) in [5.41, 5.74) is 1.12. The molecule has 0 saturated heterocycles. The molecule has 0 bridgehead atoms. The zero-order chi connectivity index (χ0) is 12.0. The van der Waals surface area contributed by atoms with Crippen molar-refractivity contribution in [2.75, 3.05) is 7.05 Å². The van der Waals surface area contributed by atoms with Crippen molar-refractivity contribution in [2.24, 2.45) is 0 Å². The van der Waals surface area contributed by atoms with Crippen LogP contribution >= 0.6 is 15.9 Å². The van der Waals surface area contributed by atoms with E-state index in [1.54, 1.807) is 0 Å². The summed E-state index contributed by atoms with van der Waals surface area (Å²) in [4.78, 5) is 0. The predicted octanol–water partition coefficient (Wildman–Crippen LogP) is 2.85. The van der Waals surface area contributed by atoms with Crippen LogP contribution in [0.25, 0.3) is 0 Å². The maximum Gasteiger partial charge on any atom is 0.184 e. The van der Waals surface area contributed by atoms with Crippen LogP contribution in [0, 0.1) is 11.3 Å². The van der Waals surface area contributed by atoms with Crippen molar-refractivity contribution >= 4 is 15.9 Å². The van der Waals surface area contributed by atoms with Gasteiger partial charge in [0.25, 0.3) is 0 Å². The van der Waals surface area contributed by atoms with Gasteiger partial charge in [0.2, 0.25) is 0 Å². The number of hydrogen-bond donors (Lipinski definition) is 1. The molecule has 1 N–H and O–H groups in total. The second kappa shape index (κ2) is 6.51. The lowest BCUT2D eigenvalue weighted by Crippen LogP contribution is -2.13. The van der Waals surface area contributed by atoms with E-state index in [1.165, 1.54) is 0 Å². The zero-order valence-corrected chi connectivity index (χ0v) is 11.0. The summed E-state index contributed by atoms with van der Waals surface area (Å²) in [6.07, 6.45) is 0.317. The Labute approximate surface area is 105 Å². The molecule has 1 rings (SSSR count). The van der Waals surface area contributed by atoms with Crippen LogP contribution in [0.2, 0.25) is 0 Å². The van der Waals surface area contributed by atoms with Crippen LogP contribution in [-0.2, 0) is 6.54 Å². The van der Waals surface area contributed by atoms with Gasteiger partial charge in [-0.3, -0.25) is 0 Å². The van der Waals surface area contributed by atoms with Crippen LogP contribution in [0.4, 0.5) is 0 Å². The minimum Gasteiger partial charge on any atom is -0.476 e. The lowest BCUT2D eigenvalue weighted by molar-refractivity contribution is 0.251. The predicted molar refractivity (Wildman–Crippen MR) is 67.2 cm³/mol. The Morgan fingerprint density at radius 3 is 2.88 bits per heavy atom. The summed E-state index contributed by atoms with van der Waals surface area (Å²) in [5, 5.41) is 11.9. The Morgan fingerprint density at radius 2 is 2.31 bits per heavy atom. The Morgan fingerprint density at radius 1 is 1.56 bits per heavy atom. The smallest absolute Gasteiger partial charge is 0.184 e. The largest absolute Gasteiger partial charge is 0.476 e. The van der Waals surface area contributed by atoms with Crippen molar-refractivity contribution in [1.29, 1.82) is 5.26 Å². The van der Waals surface area contributed by atoms with Gasteiger partial charge in [0.05, 0.1) is 0 Å². The molecule has 16 heavy (non-hydrogen) atoms. The molecule has 0 radical (unpaired) electrons. The number of halogens is 1. The number of nitriles is 1. The van der Waals surface area contributed by atoms with Gasteiger partial charge in [0.15, 0.2) is 6.10 Å². The van der Waals surface area contributed by atoms with E-state index in [1.807, 2.05) is 32.2 Å². The molecule has 3 nitrogen and oxygen atoms in total. The number of nitrogens with one attached hydrogen (secondary N) is 1. The molecule has 0 spiro atoms. The average molecular weight is 283 g/mol. The summed E-state index contributed by atoms with van der Waals surface area (Å²) in [6.45, 7) is 2.70. The zero-order valence-electron chi connectivity index (χ0n) is 9.46. The first-order valence-electron chi connectivity index (χ1n) is 5.20. The topological polar surface area (TPSA) is 45.0 Å². The Balaban J connectivity index is 2.82. The van der Waals surface area contributed by atoms with Gasteiger partial charge in [-0.1, -0.05) is 22.9 Å². The minimum atomic E-state index is -0.372. The van der Waals surface area contributed by atoms with Crippen molar-refractivity contribution in [3.8, 4) is 11.8 Å². The van der Waals surface area contributed by atoms with Gasteiger partial charge in [-0.05, 0) is 37.2 Å². The van der Waals surface area contributed by atoms with Crippen LogP contribution in [-0.4, -0.2) is 13.2 Å². The number of ether oxygens (including phenoxy) is 1. The lowest BCUT2D eigenvalue weighted by atomic mass is 10.2. The van der Waals surface area contributed by atoms with E-state index in [0.717, 1.165) is 22.3 Å². The van der Waals surface area contributed by atoms with Crippen LogP contribution in [0.5, 0.6) is 5.75 Å². The molecule has 1 aromatic carbocycles. The molecule has 0 fully saturated rings. The van der Waals surface area contributed by atoms with Gasteiger partial charge >= 0.3 is 0 Å². The first kappa shape index (κ1) is 13.0. The van der Waals surface area contributed by atoms with E-state index in [4.69, 9.17) is 10.00 Å². The molecule has 1 unspecified atom stereocenters. The van der Waals surface area contributed by atoms with E-state index in [9.17, 15) is 0 Å². The molecule has 0 amide bonds. The highest BCUT2D eigenvalue weighted by Crippen LogP contribution is 2.23. The molecule has 0 aliphatic rings. The van der Waals surface area contributed by atoms with Crippen LogP contribution in [0.3, 0.4) is 0 Å². The van der Waals surface area contributed by atoms with Gasteiger partial charge in [-0.15, -0.1) is 0 Å². The van der Waals surface area contributed by atoms with E-state index in [0.29, 0.717) is 6.42 Å². The highest BCUT2D eigenvalue weighted by atomic mass is 79.9. The Hall–Kier alpha value is -1.05. The minimum absolute atomic E-state index is 0.372. The molecule has 1 atom stereocenters. The summed E-state index contributed by atoms with van der Waals surface area (Å²) in [5.74, 6) is 0.738. The third-order valence-electron chi connectivity index (χ3n) is 2.18. The molecule has 0 aliphatic carbocycles. The number of benzene rings is 1. The standard InChI is InChI=1S/C12H15BrN2O/c1-3-10(7-14)16-11-4-5-12(13)9(6-11)8-15-2/h4-6,10,15H,3,8H2,1-2H3. The monoisotopic (exact) mass is 282 g/mol. The van der Waals surface area contributed by atoms with E-state index >= 15 is 0 Å². The summed E-state index contributed by atoms with van der Waals surface area (Å²) in [6, 6.07) is 7.86. The molecular formula is C12H15BrN2O. The first-order chi connectivity index (χ1) is 7.71. The third kappa shape index (κ3) is 3.51. The van der Waals surface area contributed by atoms with Crippen LogP contribution < -0.4 is 10.1 Å². The van der Waals surface area contributed by atoms with E-state index < -0.39 is 0 Å². The molecule has 0 saturated carbocycles. The van der Waals surface area contributed by atoms with Crippen molar-refractivity contribution in [2.45, 2.75) is 26.0 Å². The number of rotatable bonds is 5. The molecule has 86 valence electrons. The fraction of sp³-hybridized carbons (Fsp3) is 0.417. The normalized spacial score (nSPS) is 11.9. The quantitative estimate of drug-likeness (QED) is 0.903. The van der Waals surface area contributed by atoms with Crippen molar-refractivity contribution in [3.63, 3.8) is 0 Å². The molecule has 0 heterocycles. The fourth-order valence-electron chi connectivity index (χ4n) is 1.32. The first-order valence-corrected chi connectivity index (χ1v) is 5.99.